The molecule has 0 saturated carbocycles. The first-order chi connectivity index (χ1) is 9.06. The van der Waals surface area contributed by atoms with E-state index < -0.39 is 0 Å². The predicted octanol–water partition coefficient (Wildman–Crippen LogP) is 4.27. The fourth-order valence-corrected chi connectivity index (χ4v) is 3.04. The first-order valence-corrected chi connectivity index (χ1v) is 7.44. The molecule has 2 aromatic rings. The van der Waals surface area contributed by atoms with Gasteiger partial charge in [-0.15, -0.1) is 11.3 Å². The van der Waals surface area contributed by atoms with Gasteiger partial charge in [-0.1, -0.05) is 22.0 Å². The lowest BCUT2D eigenvalue weighted by Gasteiger charge is -2.12. The van der Waals surface area contributed by atoms with Crippen LogP contribution in [0.2, 0.25) is 0 Å². The molecule has 0 bridgehead atoms. The number of nitro benzene ring substituents is 1. The number of hydrogen-bond acceptors (Lipinski definition) is 4. The van der Waals surface area contributed by atoms with Gasteiger partial charge in [-0.25, -0.2) is 0 Å². The first-order valence-electron chi connectivity index (χ1n) is 5.77. The molecule has 0 aliphatic carbocycles. The van der Waals surface area contributed by atoms with Crippen molar-refractivity contribution in [3.8, 4) is 0 Å². The zero-order valence-corrected chi connectivity index (χ0v) is 12.7. The third-order valence-electron chi connectivity index (χ3n) is 2.74. The quantitative estimate of drug-likeness (QED) is 0.653. The van der Waals surface area contributed by atoms with E-state index in [1.807, 2.05) is 17.5 Å². The number of thiophene rings is 1. The first kappa shape index (κ1) is 14.2. The van der Waals surface area contributed by atoms with Crippen LogP contribution in [-0.2, 0) is 6.54 Å². The SMILES string of the molecule is C[C@@H](NCc1cc(Br)cc([N+](=O)[O-])c1)c1cccs1. The molecule has 0 aliphatic heterocycles. The van der Waals surface area contributed by atoms with Crippen molar-refractivity contribution in [1.29, 1.82) is 0 Å². The van der Waals surface area contributed by atoms with Crippen molar-refractivity contribution in [2.75, 3.05) is 0 Å². The highest BCUT2D eigenvalue weighted by molar-refractivity contribution is 9.10. The third kappa shape index (κ3) is 3.86. The van der Waals surface area contributed by atoms with Crippen LogP contribution in [0.4, 0.5) is 5.69 Å². The van der Waals surface area contributed by atoms with Gasteiger partial charge in [0.25, 0.3) is 5.69 Å². The molecule has 0 spiro atoms. The Morgan fingerprint density at radius 2 is 2.26 bits per heavy atom. The van der Waals surface area contributed by atoms with E-state index >= 15 is 0 Å². The fourth-order valence-electron chi connectivity index (χ4n) is 1.75. The normalized spacial score (nSPS) is 12.3. The zero-order valence-electron chi connectivity index (χ0n) is 10.3. The molecular formula is C13H13BrN2O2S. The van der Waals surface area contributed by atoms with Crippen LogP contribution in [0.25, 0.3) is 0 Å². The summed E-state index contributed by atoms with van der Waals surface area (Å²) in [7, 11) is 0. The average Bonchev–Trinajstić information content (AvgIpc) is 2.89. The molecule has 0 amide bonds. The van der Waals surface area contributed by atoms with E-state index in [-0.39, 0.29) is 16.7 Å². The highest BCUT2D eigenvalue weighted by atomic mass is 79.9. The molecule has 1 aromatic carbocycles. The molecule has 1 N–H and O–H groups in total. The van der Waals surface area contributed by atoms with Crippen molar-refractivity contribution in [2.45, 2.75) is 19.5 Å². The molecule has 0 radical (unpaired) electrons. The maximum absolute atomic E-state index is 10.8. The summed E-state index contributed by atoms with van der Waals surface area (Å²) < 4.78 is 0.724. The van der Waals surface area contributed by atoms with Crippen LogP contribution in [0.15, 0.2) is 40.2 Å². The molecular weight excluding hydrogens is 328 g/mol. The van der Waals surface area contributed by atoms with Gasteiger partial charge in [-0.3, -0.25) is 10.1 Å². The minimum absolute atomic E-state index is 0.106. The molecule has 1 aromatic heterocycles. The minimum Gasteiger partial charge on any atom is -0.305 e. The van der Waals surface area contributed by atoms with Crippen LogP contribution in [0, 0.1) is 10.1 Å². The van der Waals surface area contributed by atoms with Crippen LogP contribution >= 0.6 is 27.3 Å². The predicted molar refractivity (Wildman–Crippen MR) is 80.4 cm³/mol. The summed E-state index contributed by atoms with van der Waals surface area (Å²) in [4.78, 5) is 11.7. The van der Waals surface area contributed by atoms with Gasteiger partial charge in [0, 0.05) is 34.1 Å². The number of rotatable bonds is 5. The van der Waals surface area contributed by atoms with E-state index in [1.54, 1.807) is 17.4 Å². The van der Waals surface area contributed by atoms with Crippen molar-refractivity contribution < 1.29 is 4.92 Å². The Hall–Kier alpha value is -1.24. The number of nitrogens with one attached hydrogen (secondary N) is 1. The van der Waals surface area contributed by atoms with Crippen molar-refractivity contribution in [3.63, 3.8) is 0 Å². The monoisotopic (exact) mass is 340 g/mol. The van der Waals surface area contributed by atoms with Crippen LogP contribution < -0.4 is 5.32 Å². The van der Waals surface area contributed by atoms with Crippen molar-refractivity contribution >= 4 is 33.0 Å². The lowest BCUT2D eigenvalue weighted by molar-refractivity contribution is -0.385. The van der Waals surface area contributed by atoms with E-state index in [4.69, 9.17) is 0 Å². The Balaban J connectivity index is 2.05. The highest BCUT2D eigenvalue weighted by Crippen LogP contribution is 2.23. The topological polar surface area (TPSA) is 55.2 Å². The maximum Gasteiger partial charge on any atom is 0.270 e. The lowest BCUT2D eigenvalue weighted by atomic mass is 10.2. The second-order valence-electron chi connectivity index (χ2n) is 4.19. The molecule has 2 rings (SSSR count). The number of nitro groups is 1. The Kier molecular flexibility index (Phi) is 4.68. The summed E-state index contributed by atoms with van der Waals surface area (Å²) in [6.45, 7) is 2.68. The van der Waals surface area contributed by atoms with Gasteiger partial charge >= 0.3 is 0 Å². The standard InChI is InChI=1S/C13H13BrN2O2S/c1-9(13-3-2-4-19-13)15-8-10-5-11(14)7-12(6-10)16(17)18/h2-7,9,15H,8H2,1H3/t9-/m1/s1. The van der Waals surface area contributed by atoms with E-state index in [9.17, 15) is 10.1 Å². The van der Waals surface area contributed by atoms with Gasteiger partial charge in [0.15, 0.2) is 0 Å². The number of hydrogen-bond donors (Lipinski definition) is 1. The van der Waals surface area contributed by atoms with E-state index in [1.165, 1.54) is 10.9 Å². The van der Waals surface area contributed by atoms with E-state index in [0.29, 0.717) is 6.54 Å². The van der Waals surface area contributed by atoms with Gasteiger partial charge in [-0.2, -0.15) is 0 Å². The number of halogens is 1. The second kappa shape index (κ2) is 6.27. The molecule has 19 heavy (non-hydrogen) atoms. The van der Waals surface area contributed by atoms with Crippen LogP contribution in [0.5, 0.6) is 0 Å². The zero-order chi connectivity index (χ0) is 13.8. The molecule has 100 valence electrons. The Morgan fingerprint density at radius 1 is 1.47 bits per heavy atom. The van der Waals surface area contributed by atoms with Crippen LogP contribution in [0.3, 0.4) is 0 Å². The Labute approximate surface area is 123 Å². The molecule has 0 saturated heterocycles. The molecule has 1 heterocycles. The van der Waals surface area contributed by atoms with Gasteiger partial charge < -0.3 is 5.32 Å². The smallest absolute Gasteiger partial charge is 0.270 e. The second-order valence-corrected chi connectivity index (χ2v) is 6.09. The van der Waals surface area contributed by atoms with E-state index in [2.05, 4.69) is 34.2 Å². The van der Waals surface area contributed by atoms with E-state index in [0.717, 1.165) is 10.0 Å². The molecule has 0 unspecified atom stereocenters. The Morgan fingerprint density at radius 3 is 2.89 bits per heavy atom. The van der Waals surface area contributed by atoms with Crippen molar-refractivity contribution in [3.05, 3.63) is 60.7 Å². The van der Waals surface area contributed by atoms with Crippen molar-refractivity contribution in [2.24, 2.45) is 0 Å². The highest BCUT2D eigenvalue weighted by Gasteiger charge is 2.10. The summed E-state index contributed by atoms with van der Waals surface area (Å²) in [6, 6.07) is 9.32. The van der Waals surface area contributed by atoms with Gasteiger partial charge in [0.1, 0.15) is 0 Å². The number of nitrogens with zero attached hydrogens (tertiary/aromatic N) is 1. The lowest BCUT2D eigenvalue weighted by Crippen LogP contribution is -2.17. The summed E-state index contributed by atoms with van der Waals surface area (Å²) in [5.41, 5.74) is 0.999. The Bertz CT molecular complexity index is 572. The average molecular weight is 341 g/mol. The third-order valence-corrected chi connectivity index (χ3v) is 4.25. The molecule has 1 atom stereocenters. The number of non-ortho nitro benzene ring substituents is 1. The van der Waals surface area contributed by atoms with Gasteiger partial charge in [0.2, 0.25) is 0 Å². The van der Waals surface area contributed by atoms with Crippen LogP contribution in [0.1, 0.15) is 23.4 Å². The summed E-state index contributed by atoms with van der Waals surface area (Å²) >= 11 is 4.99. The summed E-state index contributed by atoms with van der Waals surface area (Å²) in [5.74, 6) is 0. The van der Waals surface area contributed by atoms with Gasteiger partial charge in [-0.05, 0) is 30.0 Å². The molecule has 0 aliphatic rings. The largest absolute Gasteiger partial charge is 0.305 e. The summed E-state index contributed by atoms with van der Waals surface area (Å²) in [6.07, 6.45) is 0. The van der Waals surface area contributed by atoms with Crippen LogP contribution in [-0.4, -0.2) is 4.92 Å². The fraction of sp³-hybridized carbons (Fsp3) is 0.231. The minimum atomic E-state index is -0.378. The maximum atomic E-state index is 10.8. The molecule has 0 fully saturated rings. The van der Waals surface area contributed by atoms with Crippen molar-refractivity contribution in [1.82, 2.24) is 5.32 Å². The number of benzene rings is 1. The summed E-state index contributed by atoms with van der Waals surface area (Å²) in [5, 5.41) is 16.2. The molecule has 6 heteroatoms. The molecule has 4 nitrogen and oxygen atoms in total. The van der Waals surface area contributed by atoms with Gasteiger partial charge in [0.05, 0.1) is 4.92 Å².